The summed E-state index contributed by atoms with van der Waals surface area (Å²) in [6, 6.07) is 10.4. The highest BCUT2D eigenvalue weighted by atomic mass is 35.5. The maximum atomic E-state index is 12.8. The lowest BCUT2D eigenvalue weighted by atomic mass is 10.1. The summed E-state index contributed by atoms with van der Waals surface area (Å²) < 4.78 is 18.1. The molecular formula is C17H16ClFN2O3. The molecule has 2 rings (SSSR count). The molecule has 0 atom stereocenters. The summed E-state index contributed by atoms with van der Waals surface area (Å²) >= 11 is 5.79. The Labute approximate surface area is 143 Å². The monoisotopic (exact) mass is 350 g/mol. The molecule has 5 nitrogen and oxygen atoms in total. The number of carbonyl (C=O) groups is 2. The zero-order valence-corrected chi connectivity index (χ0v) is 13.5. The van der Waals surface area contributed by atoms with Crippen LogP contribution in [0.2, 0.25) is 5.02 Å². The molecule has 0 aliphatic carbocycles. The third kappa shape index (κ3) is 5.24. The number of hydrogen-bond donors (Lipinski definition) is 2. The van der Waals surface area contributed by atoms with Crippen LogP contribution in [0.25, 0.3) is 0 Å². The van der Waals surface area contributed by atoms with E-state index in [1.54, 1.807) is 12.1 Å². The van der Waals surface area contributed by atoms with Gasteiger partial charge in [0.1, 0.15) is 11.6 Å². The molecule has 0 aromatic heterocycles. The first-order chi connectivity index (χ1) is 11.5. The van der Waals surface area contributed by atoms with Crippen molar-refractivity contribution < 1.29 is 18.7 Å². The lowest BCUT2D eigenvalue weighted by molar-refractivity contribution is -0.123. The molecule has 0 bridgehead atoms. The summed E-state index contributed by atoms with van der Waals surface area (Å²) in [4.78, 5) is 23.1. The van der Waals surface area contributed by atoms with Crippen molar-refractivity contribution >= 4 is 23.4 Å². The second-order valence-corrected chi connectivity index (χ2v) is 5.46. The van der Waals surface area contributed by atoms with Crippen LogP contribution in [-0.2, 0) is 11.2 Å². The lowest BCUT2D eigenvalue weighted by Crippen LogP contribution is -2.31. The largest absolute Gasteiger partial charge is 0.483 e. The molecule has 0 unspecified atom stereocenters. The van der Waals surface area contributed by atoms with Gasteiger partial charge in [-0.25, -0.2) is 4.39 Å². The first-order valence-electron chi connectivity index (χ1n) is 7.19. The number of hydrogen-bond acceptors (Lipinski definition) is 3. The van der Waals surface area contributed by atoms with Crippen LogP contribution in [0.15, 0.2) is 42.5 Å². The van der Waals surface area contributed by atoms with E-state index in [0.717, 1.165) is 5.56 Å². The molecule has 3 N–H and O–H groups in total. The van der Waals surface area contributed by atoms with Gasteiger partial charge in [0.2, 0.25) is 0 Å². The highest BCUT2D eigenvalue weighted by Gasteiger charge is 2.11. The maximum Gasteiger partial charge on any atom is 0.257 e. The van der Waals surface area contributed by atoms with E-state index in [-0.39, 0.29) is 29.6 Å². The maximum absolute atomic E-state index is 12.8. The minimum Gasteiger partial charge on any atom is -0.483 e. The highest BCUT2D eigenvalue weighted by Crippen LogP contribution is 2.22. The van der Waals surface area contributed by atoms with Gasteiger partial charge in [-0.2, -0.15) is 0 Å². The van der Waals surface area contributed by atoms with Crippen molar-refractivity contribution in [1.82, 2.24) is 5.32 Å². The van der Waals surface area contributed by atoms with E-state index in [9.17, 15) is 14.0 Å². The van der Waals surface area contributed by atoms with Crippen LogP contribution >= 0.6 is 11.6 Å². The van der Waals surface area contributed by atoms with Crippen LogP contribution in [0.5, 0.6) is 5.75 Å². The number of rotatable bonds is 7. The van der Waals surface area contributed by atoms with Gasteiger partial charge >= 0.3 is 0 Å². The summed E-state index contributed by atoms with van der Waals surface area (Å²) in [5.41, 5.74) is 6.26. The highest BCUT2D eigenvalue weighted by molar-refractivity contribution is 6.31. The van der Waals surface area contributed by atoms with Crippen LogP contribution in [0.4, 0.5) is 4.39 Å². The van der Waals surface area contributed by atoms with Crippen LogP contribution < -0.4 is 15.8 Å². The molecule has 0 aliphatic heterocycles. The van der Waals surface area contributed by atoms with Gasteiger partial charge in [-0.1, -0.05) is 23.7 Å². The van der Waals surface area contributed by atoms with E-state index in [4.69, 9.17) is 22.1 Å². The molecule has 0 saturated carbocycles. The van der Waals surface area contributed by atoms with Gasteiger partial charge in [-0.05, 0) is 42.3 Å². The molecule has 0 saturated heterocycles. The summed E-state index contributed by atoms with van der Waals surface area (Å²) in [6.45, 7) is 0.127. The smallest absolute Gasteiger partial charge is 0.257 e. The molecular weight excluding hydrogens is 335 g/mol. The molecule has 0 spiro atoms. The van der Waals surface area contributed by atoms with Gasteiger partial charge in [0.15, 0.2) is 6.61 Å². The average Bonchev–Trinajstić information content (AvgIpc) is 2.55. The van der Waals surface area contributed by atoms with Gasteiger partial charge in [0.25, 0.3) is 11.8 Å². The Bertz CT molecular complexity index is 735. The SMILES string of the molecule is NC(=O)c1cc(Cl)ccc1OCC(=O)NCCc1ccc(F)cc1. The van der Waals surface area contributed by atoms with Crippen molar-refractivity contribution in [2.75, 3.05) is 13.2 Å². The predicted molar refractivity (Wildman–Crippen MR) is 88.6 cm³/mol. The molecule has 2 amide bonds. The molecule has 0 heterocycles. The van der Waals surface area contributed by atoms with E-state index < -0.39 is 5.91 Å². The van der Waals surface area contributed by atoms with Crippen molar-refractivity contribution in [3.05, 3.63) is 64.4 Å². The molecule has 0 aliphatic rings. The molecule has 126 valence electrons. The third-order valence-electron chi connectivity index (χ3n) is 3.21. The van der Waals surface area contributed by atoms with Crippen LogP contribution in [0.3, 0.4) is 0 Å². The summed E-state index contributed by atoms with van der Waals surface area (Å²) in [6.07, 6.45) is 0.569. The normalized spacial score (nSPS) is 10.2. The zero-order valence-electron chi connectivity index (χ0n) is 12.7. The Kier molecular flexibility index (Phi) is 6.14. The van der Waals surface area contributed by atoms with Crippen molar-refractivity contribution in [1.29, 1.82) is 0 Å². The minimum atomic E-state index is -0.691. The van der Waals surface area contributed by atoms with Crippen molar-refractivity contribution in [2.45, 2.75) is 6.42 Å². The molecule has 0 radical (unpaired) electrons. The van der Waals surface area contributed by atoms with Gasteiger partial charge < -0.3 is 15.8 Å². The number of carbonyl (C=O) groups excluding carboxylic acids is 2. The number of nitrogens with one attached hydrogen (secondary N) is 1. The lowest BCUT2D eigenvalue weighted by Gasteiger charge is -2.10. The van der Waals surface area contributed by atoms with Gasteiger partial charge in [-0.3, -0.25) is 9.59 Å². The number of amides is 2. The number of nitrogens with two attached hydrogens (primary N) is 1. The third-order valence-corrected chi connectivity index (χ3v) is 3.45. The minimum absolute atomic E-state index is 0.113. The van der Waals surface area contributed by atoms with Crippen molar-refractivity contribution in [2.24, 2.45) is 5.73 Å². The summed E-state index contributed by atoms with van der Waals surface area (Å²) in [5.74, 6) is -1.14. The predicted octanol–water partition coefficient (Wildman–Crippen LogP) is 2.32. The Morgan fingerprint density at radius 3 is 2.54 bits per heavy atom. The Morgan fingerprint density at radius 1 is 1.17 bits per heavy atom. The van der Waals surface area contributed by atoms with Gasteiger partial charge in [0, 0.05) is 11.6 Å². The van der Waals surface area contributed by atoms with E-state index >= 15 is 0 Å². The fourth-order valence-corrected chi connectivity index (χ4v) is 2.18. The molecule has 7 heteroatoms. The number of ether oxygens (including phenoxy) is 1. The number of benzene rings is 2. The van der Waals surface area contributed by atoms with E-state index in [0.29, 0.717) is 18.0 Å². The zero-order chi connectivity index (χ0) is 17.5. The fraction of sp³-hybridized carbons (Fsp3) is 0.176. The molecule has 24 heavy (non-hydrogen) atoms. The standard InChI is InChI=1S/C17H16ClFN2O3/c18-12-3-6-15(14(9-12)17(20)23)24-10-16(22)21-8-7-11-1-4-13(19)5-2-11/h1-6,9H,7-8,10H2,(H2,20,23)(H,21,22). The van der Waals surface area contributed by atoms with E-state index in [1.165, 1.54) is 30.3 Å². The Hall–Kier alpha value is -2.60. The quantitative estimate of drug-likeness (QED) is 0.804. The van der Waals surface area contributed by atoms with Gasteiger partial charge in [0.05, 0.1) is 5.56 Å². The van der Waals surface area contributed by atoms with Gasteiger partial charge in [-0.15, -0.1) is 0 Å². The Balaban J connectivity index is 1.81. The van der Waals surface area contributed by atoms with Crippen LogP contribution in [0.1, 0.15) is 15.9 Å². The molecule has 0 fully saturated rings. The van der Waals surface area contributed by atoms with Crippen molar-refractivity contribution in [3.63, 3.8) is 0 Å². The molecule has 2 aromatic carbocycles. The summed E-state index contributed by atoms with van der Waals surface area (Å²) in [5, 5.41) is 3.02. The second-order valence-electron chi connectivity index (χ2n) is 5.02. The Morgan fingerprint density at radius 2 is 1.88 bits per heavy atom. The van der Waals surface area contributed by atoms with E-state index in [1.807, 2.05) is 0 Å². The topological polar surface area (TPSA) is 81.4 Å². The second kappa shape index (κ2) is 8.31. The summed E-state index contributed by atoms with van der Waals surface area (Å²) in [7, 11) is 0. The van der Waals surface area contributed by atoms with Crippen LogP contribution in [0, 0.1) is 5.82 Å². The fourth-order valence-electron chi connectivity index (χ4n) is 2.01. The molecule has 2 aromatic rings. The average molecular weight is 351 g/mol. The van der Waals surface area contributed by atoms with E-state index in [2.05, 4.69) is 5.32 Å². The number of primary amides is 1. The first-order valence-corrected chi connectivity index (χ1v) is 7.57. The number of halogens is 2. The first kappa shape index (κ1) is 17.7. The van der Waals surface area contributed by atoms with Crippen molar-refractivity contribution in [3.8, 4) is 5.75 Å². The van der Waals surface area contributed by atoms with Crippen LogP contribution in [-0.4, -0.2) is 25.0 Å².